The number of ether oxygens (including phenoxy) is 2. The number of benzene rings is 1. The van der Waals surface area contributed by atoms with Crippen molar-refractivity contribution in [3.63, 3.8) is 0 Å². The summed E-state index contributed by atoms with van der Waals surface area (Å²) in [5.41, 5.74) is 1.27. The second kappa shape index (κ2) is 11.8. The molecule has 0 aliphatic carbocycles. The molecule has 196 valence electrons. The van der Waals surface area contributed by atoms with E-state index in [1.165, 1.54) is 39.9 Å². The zero-order valence-electron chi connectivity index (χ0n) is 20.8. The molecular weight excluding hydrogens is 506 g/mol. The fraction of sp³-hybridized carbons (Fsp3) is 0.458. The summed E-state index contributed by atoms with van der Waals surface area (Å²) in [5, 5.41) is 3.11. The van der Waals surface area contributed by atoms with Crippen molar-refractivity contribution in [3.05, 3.63) is 45.8 Å². The van der Waals surface area contributed by atoms with Gasteiger partial charge in [-0.3, -0.25) is 4.79 Å². The first-order valence-corrected chi connectivity index (χ1v) is 14.1. The lowest BCUT2D eigenvalue weighted by Gasteiger charge is -2.26. The van der Waals surface area contributed by atoms with Gasteiger partial charge >= 0.3 is 12.1 Å². The number of thiophene rings is 1. The molecule has 2 aromatic rings. The molecule has 0 spiro atoms. The van der Waals surface area contributed by atoms with Crippen molar-refractivity contribution < 1.29 is 32.3 Å². The highest BCUT2D eigenvalue weighted by molar-refractivity contribution is 7.89. The molecule has 0 fully saturated rings. The SMILES string of the molecule is CCOC(=O)c1c(NC(=O)c2ccc(S(=O)(=O)N(CC)CC)cc2)sc2c1CCN(C(=O)OCC)C2. The number of nitrogens with one attached hydrogen (secondary N) is 1. The van der Waals surface area contributed by atoms with E-state index in [0.717, 1.165) is 10.4 Å². The fourth-order valence-corrected chi connectivity index (χ4v) is 6.65. The maximum absolute atomic E-state index is 13.0. The molecule has 1 aliphatic heterocycles. The molecule has 0 saturated heterocycles. The molecule has 1 aromatic heterocycles. The molecule has 2 heterocycles. The molecule has 0 unspecified atom stereocenters. The van der Waals surface area contributed by atoms with Crippen LogP contribution in [0.25, 0.3) is 0 Å². The van der Waals surface area contributed by atoms with Gasteiger partial charge in [0.25, 0.3) is 5.91 Å². The predicted molar refractivity (Wildman–Crippen MR) is 136 cm³/mol. The van der Waals surface area contributed by atoms with Crippen LogP contribution in [0, 0.1) is 0 Å². The Morgan fingerprint density at radius 2 is 1.67 bits per heavy atom. The van der Waals surface area contributed by atoms with Gasteiger partial charge in [-0.15, -0.1) is 11.3 Å². The van der Waals surface area contributed by atoms with Crippen LogP contribution < -0.4 is 5.32 Å². The summed E-state index contributed by atoms with van der Waals surface area (Å²) in [6.07, 6.45) is -0.00776. The Balaban J connectivity index is 1.87. The summed E-state index contributed by atoms with van der Waals surface area (Å²) in [7, 11) is -3.65. The van der Waals surface area contributed by atoms with Crippen LogP contribution in [0.2, 0.25) is 0 Å². The van der Waals surface area contributed by atoms with E-state index in [1.54, 1.807) is 32.6 Å². The Kier molecular flexibility index (Phi) is 9.09. The molecule has 1 aromatic carbocycles. The van der Waals surface area contributed by atoms with Gasteiger partial charge < -0.3 is 19.7 Å². The first-order chi connectivity index (χ1) is 17.2. The van der Waals surface area contributed by atoms with E-state index in [2.05, 4.69) is 5.32 Å². The number of hydrogen-bond acceptors (Lipinski definition) is 8. The van der Waals surface area contributed by atoms with Gasteiger partial charge in [0.05, 0.1) is 30.2 Å². The van der Waals surface area contributed by atoms with Crippen LogP contribution >= 0.6 is 11.3 Å². The number of carbonyl (C=O) groups is 3. The normalized spacial score (nSPS) is 13.3. The first kappa shape index (κ1) is 27.6. The van der Waals surface area contributed by atoms with Crippen molar-refractivity contribution in [2.45, 2.75) is 45.6 Å². The third-order valence-corrected chi connectivity index (χ3v) is 8.95. The smallest absolute Gasteiger partial charge is 0.410 e. The maximum Gasteiger partial charge on any atom is 0.410 e. The number of hydrogen-bond donors (Lipinski definition) is 1. The molecule has 2 amide bonds. The summed E-state index contributed by atoms with van der Waals surface area (Å²) in [5.74, 6) is -1.04. The van der Waals surface area contributed by atoms with Crippen molar-refractivity contribution in [2.75, 3.05) is 38.2 Å². The topological polar surface area (TPSA) is 122 Å². The molecule has 12 heteroatoms. The van der Waals surface area contributed by atoms with E-state index in [1.807, 2.05) is 0 Å². The predicted octanol–water partition coefficient (Wildman–Crippen LogP) is 3.72. The molecule has 0 radical (unpaired) electrons. The van der Waals surface area contributed by atoms with Gasteiger partial charge in [0, 0.05) is 30.1 Å². The highest BCUT2D eigenvalue weighted by atomic mass is 32.2. The molecule has 0 atom stereocenters. The van der Waals surface area contributed by atoms with Crippen LogP contribution in [0.1, 0.15) is 58.9 Å². The van der Waals surface area contributed by atoms with Gasteiger partial charge in [-0.05, 0) is 50.1 Å². The Labute approximate surface area is 215 Å². The summed E-state index contributed by atoms with van der Waals surface area (Å²) < 4.78 is 37.1. The molecule has 1 N–H and O–H groups in total. The van der Waals surface area contributed by atoms with Crippen LogP contribution in [0.3, 0.4) is 0 Å². The molecule has 0 saturated carbocycles. The highest BCUT2D eigenvalue weighted by Gasteiger charge is 2.31. The number of rotatable bonds is 9. The molecule has 1 aliphatic rings. The molecular formula is C24H31N3O7S2. The quantitative estimate of drug-likeness (QED) is 0.484. The van der Waals surface area contributed by atoms with Gasteiger partial charge in [-0.2, -0.15) is 4.31 Å². The zero-order chi connectivity index (χ0) is 26.5. The maximum atomic E-state index is 13.0. The third kappa shape index (κ3) is 5.71. The zero-order valence-corrected chi connectivity index (χ0v) is 22.5. The van der Waals surface area contributed by atoms with E-state index in [0.29, 0.717) is 31.1 Å². The third-order valence-electron chi connectivity index (χ3n) is 5.75. The van der Waals surface area contributed by atoms with Crippen molar-refractivity contribution in [1.82, 2.24) is 9.21 Å². The van der Waals surface area contributed by atoms with E-state index < -0.39 is 28.0 Å². The van der Waals surface area contributed by atoms with E-state index >= 15 is 0 Å². The number of esters is 1. The molecule has 10 nitrogen and oxygen atoms in total. The Hall–Kier alpha value is -2.96. The van der Waals surface area contributed by atoms with Gasteiger partial charge in [-0.25, -0.2) is 18.0 Å². The number of fused-ring (bicyclic) bond motifs is 1. The van der Waals surface area contributed by atoms with Crippen molar-refractivity contribution in [1.29, 1.82) is 0 Å². The number of sulfonamides is 1. The van der Waals surface area contributed by atoms with Crippen LogP contribution in [0.15, 0.2) is 29.2 Å². The standard InChI is InChI=1S/C24H31N3O7S2/c1-5-27(6-2)36(31,32)17-11-9-16(10-12-17)21(28)25-22-20(23(29)33-7-3)18-13-14-26(15-19(18)35-22)24(30)34-8-4/h9-12H,5-8,13-15H2,1-4H3,(H,25,28). The fourth-order valence-electron chi connectivity index (χ4n) is 3.95. The summed E-state index contributed by atoms with van der Waals surface area (Å²) in [4.78, 5) is 40.4. The molecule has 0 bridgehead atoms. The summed E-state index contributed by atoms with van der Waals surface area (Å²) in [6.45, 7) is 8.72. The average molecular weight is 538 g/mol. The van der Waals surface area contributed by atoms with Crippen LogP contribution in [-0.2, 0) is 32.5 Å². The Bertz CT molecular complexity index is 1220. The Morgan fingerprint density at radius 1 is 1.03 bits per heavy atom. The summed E-state index contributed by atoms with van der Waals surface area (Å²) >= 11 is 1.21. The van der Waals surface area contributed by atoms with Gasteiger partial charge in [0.15, 0.2) is 0 Å². The summed E-state index contributed by atoms with van der Waals surface area (Å²) in [6, 6.07) is 5.66. The van der Waals surface area contributed by atoms with Crippen molar-refractivity contribution >= 4 is 44.3 Å². The lowest BCUT2D eigenvalue weighted by molar-refractivity contribution is 0.0526. The number of amides is 2. The minimum atomic E-state index is -3.65. The first-order valence-electron chi connectivity index (χ1n) is 11.8. The van der Waals surface area contributed by atoms with E-state index in [9.17, 15) is 22.8 Å². The minimum absolute atomic E-state index is 0.0978. The van der Waals surface area contributed by atoms with Crippen molar-refractivity contribution in [3.8, 4) is 0 Å². The lowest BCUT2D eigenvalue weighted by atomic mass is 10.0. The average Bonchev–Trinajstić information content (AvgIpc) is 3.22. The number of nitrogens with zero attached hydrogens (tertiary/aromatic N) is 2. The van der Waals surface area contributed by atoms with Gasteiger partial charge in [-0.1, -0.05) is 13.8 Å². The van der Waals surface area contributed by atoms with E-state index in [4.69, 9.17) is 9.47 Å². The second-order valence-corrected chi connectivity index (χ2v) is 10.9. The minimum Gasteiger partial charge on any atom is -0.462 e. The van der Waals surface area contributed by atoms with Crippen LogP contribution in [0.4, 0.5) is 9.80 Å². The van der Waals surface area contributed by atoms with Gasteiger partial charge in [0.2, 0.25) is 10.0 Å². The lowest BCUT2D eigenvalue weighted by Crippen LogP contribution is -2.36. The monoisotopic (exact) mass is 537 g/mol. The highest BCUT2D eigenvalue weighted by Crippen LogP contribution is 2.38. The molecule has 3 rings (SSSR count). The van der Waals surface area contributed by atoms with Crippen LogP contribution in [-0.4, -0.2) is 68.4 Å². The molecule has 36 heavy (non-hydrogen) atoms. The van der Waals surface area contributed by atoms with Gasteiger partial charge in [0.1, 0.15) is 5.00 Å². The van der Waals surface area contributed by atoms with E-state index in [-0.39, 0.29) is 35.8 Å². The number of anilines is 1. The Morgan fingerprint density at radius 3 is 2.25 bits per heavy atom. The second-order valence-electron chi connectivity index (χ2n) is 7.87. The van der Waals surface area contributed by atoms with Crippen molar-refractivity contribution in [2.24, 2.45) is 0 Å². The number of carbonyl (C=O) groups excluding carboxylic acids is 3. The van der Waals surface area contributed by atoms with Crippen LogP contribution in [0.5, 0.6) is 0 Å². The largest absolute Gasteiger partial charge is 0.462 e.